The summed E-state index contributed by atoms with van der Waals surface area (Å²) >= 11 is 0. The Hall–Kier alpha value is -2.17. The SMILES string of the molecule is COC1c2ccccc2CC1NC(=O)C1NCCc2ccccc21. The molecule has 3 unspecified atom stereocenters. The number of fused-ring (bicyclic) bond motifs is 2. The van der Waals surface area contributed by atoms with E-state index in [1.807, 2.05) is 30.3 Å². The molecule has 1 aliphatic carbocycles. The molecule has 24 heavy (non-hydrogen) atoms. The topological polar surface area (TPSA) is 50.4 Å². The van der Waals surface area contributed by atoms with Crippen LogP contribution in [0.1, 0.15) is 34.4 Å². The summed E-state index contributed by atoms with van der Waals surface area (Å²) in [6.45, 7) is 0.827. The van der Waals surface area contributed by atoms with Gasteiger partial charge in [0.15, 0.2) is 0 Å². The van der Waals surface area contributed by atoms with E-state index in [9.17, 15) is 4.79 Å². The molecule has 1 aliphatic heterocycles. The molecule has 1 heterocycles. The number of hydrogen-bond donors (Lipinski definition) is 2. The maximum Gasteiger partial charge on any atom is 0.242 e. The molecule has 0 fully saturated rings. The van der Waals surface area contributed by atoms with Gasteiger partial charge in [-0.25, -0.2) is 0 Å². The van der Waals surface area contributed by atoms with Crippen molar-refractivity contribution < 1.29 is 9.53 Å². The fraction of sp³-hybridized carbons (Fsp3) is 0.350. The molecule has 2 aromatic carbocycles. The summed E-state index contributed by atoms with van der Waals surface area (Å²) in [5.41, 5.74) is 4.79. The lowest BCUT2D eigenvalue weighted by atomic mass is 9.93. The van der Waals surface area contributed by atoms with E-state index in [4.69, 9.17) is 4.74 Å². The van der Waals surface area contributed by atoms with Crippen LogP contribution in [0.25, 0.3) is 0 Å². The van der Waals surface area contributed by atoms with E-state index in [1.54, 1.807) is 7.11 Å². The normalized spacial score (nSPS) is 25.0. The molecule has 0 aromatic heterocycles. The molecule has 0 radical (unpaired) electrons. The van der Waals surface area contributed by atoms with Crippen LogP contribution in [0.4, 0.5) is 0 Å². The Labute approximate surface area is 142 Å². The van der Waals surface area contributed by atoms with Crippen molar-refractivity contribution in [2.45, 2.75) is 31.0 Å². The molecule has 4 nitrogen and oxygen atoms in total. The predicted molar refractivity (Wildman–Crippen MR) is 92.7 cm³/mol. The zero-order valence-corrected chi connectivity index (χ0v) is 13.8. The van der Waals surface area contributed by atoms with Crippen molar-refractivity contribution in [1.29, 1.82) is 0 Å². The van der Waals surface area contributed by atoms with Crippen LogP contribution in [0.3, 0.4) is 0 Å². The van der Waals surface area contributed by atoms with Crippen LogP contribution in [0, 0.1) is 0 Å². The molecule has 2 aliphatic rings. The van der Waals surface area contributed by atoms with Crippen molar-refractivity contribution in [3.8, 4) is 0 Å². The van der Waals surface area contributed by atoms with Crippen molar-refractivity contribution in [2.24, 2.45) is 0 Å². The molecule has 4 heteroatoms. The summed E-state index contributed by atoms with van der Waals surface area (Å²) < 4.78 is 5.67. The van der Waals surface area contributed by atoms with Crippen LogP contribution in [0.5, 0.6) is 0 Å². The van der Waals surface area contributed by atoms with Crippen LogP contribution in [-0.4, -0.2) is 25.6 Å². The Morgan fingerprint density at radius 1 is 1.08 bits per heavy atom. The van der Waals surface area contributed by atoms with Gasteiger partial charge in [-0.15, -0.1) is 0 Å². The zero-order valence-electron chi connectivity index (χ0n) is 13.8. The van der Waals surface area contributed by atoms with Gasteiger partial charge in [0.05, 0.1) is 6.04 Å². The minimum Gasteiger partial charge on any atom is -0.375 e. The highest BCUT2D eigenvalue weighted by atomic mass is 16.5. The standard InChI is InChI=1S/C20H22N2O2/c1-24-19-16-9-5-3-7-14(16)12-17(19)22-20(23)18-15-8-4-2-6-13(15)10-11-21-18/h2-9,17-19,21H,10-12H2,1H3,(H,22,23). The summed E-state index contributed by atoms with van der Waals surface area (Å²) in [5.74, 6) is 0.0296. The average Bonchev–Trinajstić information content (AvgIpc) is 2.98. The smallest absolute Gasteiger partial charge is 0.242 e. The van der Waals surface area contributed by atoms with E-state index >= 15 is 0 Å². The maximum absolute atomic E-state index is 12.9. The van der Waals surface area contributed by atoms with Crippen molar-refractivity contribution in [3.05, 3.63) is 70.8 Å². The van der Waals surface area contributed by atoms with Crippen molar-refractivity contribution in [1.82, 2.24) is 10.6 Å². The summed E-state index contributed by atoms with van der Waals surface area (Å²) in [6.07, 6.45) is 1.70. The molecule has 4 rings (SSSR count). The number of carbonyl (C=O) groups is 1. The number of carbonyl (C=O) groups excluding carboxylic acids is 1. The summed E-state index contributed by atoms with van der Waals surface area (Å²) in [4.78, 5) is 12.9. The first-order chi connectivity index (χ1) is 11.8. The second-order valence-electron chi connectivity index (χ2n) is 6.51. The number of amides is 1. The molecule has 1 amide bonds. The largest absolute Gasteiger partial charge is 0.375 e. The van der Waals surface area contributed by atoms with Crippen molar-refractivity contribution in [2.75, 3.05) is 13.7 Å². The Balaban J connectivity index is 1.54. The first-order valence-corrected chi connectivity index (χ1v) is 8.50. The number of rotatable bonds is 3. The molecule has 124 valence electrons. The van der Waals surface area contributed by atoms with Gasteiger partial charge in [0, 0.05) is 13.7 Å². The Kier molecular flexibility index (Phi) is 4.08. The minimum absolute atomic E-state index is 0.0178. The van der Waals surface area contributed by atoms with E-state index in [0.29, 0.717) is 0 Å². The fourth-order valence-electron chi connectivity index (χ4n) is 3.98. The third-order valence-electron chi connectivity index (χ3n) is 5.12. The predicted octanol–water partition coefficient (Wildman–Crippen LogP) is 2.30. The fourth-order valence-corrected chi connectivity index (χ4v) is 3.98. The second kappa shape index (κ2) is 6.38. The molecular formula is C20H22N2O2. The van der Waals surface area contributed by atoms with Gasteiger partial charge >= 0.3 is 0 Å². The van der Waals surface area contributed by atoms with Gasteiger partial charge in [-0.1, -0.05) is 48.5 Å². The third kappa shape index (κ3) is 2.62. The molecule has 0 bridgehead atoms. The van der Waals surface area contributed by atoms with Crippen LogP contribution in [0.2, 0.25) is 0 Å². The number of nitrogens with one attached hydrogen (secondary N) is 2. The van der Waals surface area contributed by atoms with Crippen molar-refractivity contribution >= 4 is 5.91 Å². The van der Waals surface area contributed by atoms with Gasteiger partial charge in [0.25, 0.3) is 0 Å². The van der Waals surface area contributed by atoms with E-state index in [0.717, 1.165) is 24.9 Å². The molecule has 0 saturated heterocycles. The van der Waals surface area contributed by atoms with Gasteiger partial charge in [0.1, 0.15) is 12.1 Å². The van der Waals surface area contributed by atoms with E-state index in [1.165, 1.54) is 16.7 Å². The number of benzene rings is 2. The first kappa shape index (κ1) is 15.4. The van der Waals surface area contributed by atoms with Gasteiger partial charge in [-0.05, 0) is 35.1 Å². The third-order valence-corrected chi connectivity index (χ3v) is 5.12. The van der Waals surface area contributed by atoms with E-state index in [2.05, 4.69) is 28.8 Å². The molecule has 0 saturated carbocycles. The lowest BCUT2D eigenvalue weighted by Crippen LogP contribution is -2.46. The van der Waals surface area contributed by atoms with Crippen molar-refractivity contribution in [3.63, 3.8) is 0 Å². The number of methoxy groups -OCH3 is 1. The van der Waals surface area contributed by atoms with E-state index < -0.39 is 0 Å². The highest BCUT2D eigenvalue weighted by Crippen LogP contribution is 2.34. The first-order valence-electron chi connectivity index (χ1n) is 8.50. The van der Waals surface area contributed by atoms with Crippen LogP contribution >= 0.6 is 0 Å². The average molecular weight is 322 g/mol. The highest BCUT2D eigenvalue weighted by Gasteiger charge is 2.35. The number of hydrogen-bond acceptors (Lipinski definition) is 3. The van der Waals surface area contributed by atoms with Gasteiger partial charge in [-0.3, -0.25) is 4.79 Å². The number of ether oxygens (including phenoxy) is 1. The van der Waals surface area contributed by atoms with E-state index in [-0.39, 0.29) is 24.1 Å². The second-order valence-corrected chi connectivity index (χ2v) is 6.51. The Morgan fingerprint density at radius 3 is 2.58 bits per heavy atom. The molecule has 0 spiro atoms. The molecule has 2 aromatic rings. The van der Waals surface area contributed by atoms with Crippen LogP contribution < -0.4 is 10.6 Å². The Morgan fingerprint density at radius 2 is 1.79 bits per heavy atom. The van der Waals surface area contributed by atoms with Gasteiger partial charge in [-0.2, -0.15) is 0 Å². The van der Waals surface area contributed by atoms with Crippen LogP contribution in [-0.2, 0) is 22.4 Å². The summed E-state index contributed by atoms with van der Waals surface area (Å²) in [7, 11) is 1.71. The highest BCUT2D eigenvalue weighted by molar-refractivity contribution is 5.84. The summed E-state index contributed by atoms with van der Waals surface area (Å²) in [6, 6.07) is 16.1. The molecule has 2 N–H and O–H groups in total. The molecule has 3 atom stereocenters. The lowest BCUT2D eigenvalue weighted by molar-refractivity contribution is -0.125. The monoisotopic (exact) mass is 322 g/mol. The summed E-state index contributed by atoms with van der Waals surface area (Å²) in [5, 5.41) is 6.56. The van der Waals surface area contributed by atoms with Gasteiger partial charge < -0.3 is 15.4 Å². The zero-order chi connectivity index (χ0) is 16.5. The van der Waals surface area contributed by atoms with Gasteiger partial charge in [0.2, 0.25) is 5.91 Å². The lowest BCUT2D eigenvalue weighted by Gasteiger charge is -2.28. The quantitative estimate of drug-likeness (QED) is 0.912. The Bertz CT molecular complexity index is 759. The maximum atomic E-state index is 12.9. The minimum atomic E-state index is -0.281. The molecular weight excluding hydrogens is 300 g/mol. The van der Waals surface area contributed by atoms with Crippen LogP contribution in [0.15, 0.2) is 48.5 Å².